The van der Waals surface area contributed by atoms with E-state index in [0.717, 1.165) is 12.8 Å². The zero-order valence-electron chi connectivity index (χ0n) is 9.34. The van der Waals surface area contributed by atoms with Crippen molar-refractivity contribution in [3.63, 3.8) is 0 Å². The molecule has 0 aliphatic rings. The third kappa shape index (κ3) is 7.17. The average molecular weight is 249 g/mol. The van der Waals surface area contributed by atoms with Crippen LogP contribution in [-0.2, 0) is 0 Å². The number of nitrogens with zero attached hydrogens (tertiary/aromatic N) is 2. The van der Waals surface area contributed by atoms with Gasteiger partial charge in [0.15, 0.2) is 0 Å². The number of azo groups is 1. The Bertz CT molecular complexity index is 164. The lowest BCUT2D eigenvalue weighted by molar-refractivity contribution is 0.488. The Balaban J connectivity index is 3.96. The molecular weight excluding hydrogens is 228 g/mol. The van der Waals surface area contributed by atoms with Gasteiger partial charge in [0.25, 0.3) is 0 Å². The Kier molecular flexibility index (Phi) is 5.77. The summed E-state index contributed by atoms with van der Waals surface area (Å²) < 4.78 is -0.168. The number of hydrogen-bond acceptors (Lipinski definition) is 2. The minimum atomic E-state index is -0.168. The number of hydrogen-bond donors (Lipinski definition) is 0. The fourth-order valence-electron chi connectivity index (χ4n) is 1.02. The van der Waals surface area contributed by atoms with Crippen molar-refractivity contribution in [1.29, 1.82) is 0 Å². The number of halogens is 1. The molecule has 0 aliphatic carbocycles. The molecule has 0 amide bonds. The van der Waals surface area contributed by atoms with Gasteiger partial charge in [-0.15, -0.1) is 0 Å². The zero-order chi connectivity index (χ0) is 10.5. The summed E-state index contributed by atoms with van der Waals surface area (Å²) in [5, 5.41) is 8.55. The highest BCUT2D eigenvalue weighted by Gasteiger charge is 2.15. The number of alkyl halides is 1. The molecule has 78 valence electrons. The maximum atomic E-state index is 4.28. The van der Waals surface area contributed by atoms with Gasteiger partial charge in [0.05, 0.1) is 6.04 Å². The first-order valence-corrected chi connectivity index (χ1v) is 5.77. The van der Waals surface area contributed by atoms with E-state index in [4.69, 9.17) is 0 Å². The van der Waals surface area contributed by atoms with Crippen molar-refractivity contribution in [2.75, 3.05) is 0 Å². The average Bonchev–Trinajstić information content (AvgIpc) is 2.00. The molecule has 2 unspecified atom stereocenters. The van der Waals surface area contributed by atoms with Crippen LogP contribution in [0.2, 0.25) is 0 Å². The molecule has 0 aromatic carbocycles. The second-order valence-corrected chi connectivity index (χ2v) is 5.90. The van der Waals surface area contributed by atoms with Gasteiger partial charge in [-0.25, -0.2) is 0 Å². The quantitative estimate of drug-likeness (QED) is 0.392. The maximum Gasteiger partial charge on any atom is 0.133 e. The van der Waals surface area contributed by atoms with Crippen LogP contribution in [0.15, 0.2) is 10.2 Å². The van der Waals surface area contributed by atoms with Gasteiger partial charge in [-0.1, -0.05) is 36.7 Å². The van der Waals surface area contributed by atoms with Crippen molar-refractivity contribution < 1.29 is 0 Å². The molecule has 0 rings (SSSR count). The van der Waals surface area contributed by atoms with Crippen LogP contribution in [0.4, 0.5) is 0 Å². The lowest BCUT2D eigenvalue weighted by Crippen LogP contribution is -2.10. The van der Waals surface area contributed by atoms with E-state index >= 15 is 0 Å². The summed E-state index contributed by atoms with van der Waals surface area (Å²) in [5.74, 6) is 0.692. The first-order chi connectivity index (χ1) is 5.87. The maximum absolute atomic E-state index is 4.28. The largest absolute Gasteiger partial charge is 0.190 e. The molecule has 0 aromatic rings. The van der Waals surface area contributed by atoms with E-state index < -0.39 is 0 Å². The summed E-state index contributed by atoms with van der Waals surface area (Å²) in [7, 11) is 0. The predicted molar refractivity (Wildman–Crippen MR) is 61.4 cm³/mol. The first kappa shape index (κ1) is 13.1. The summed E-state index contributed by atoms with van der Waals surface area (Å²) in [5.41, 5.74) is 0. The Hall–Kier alpha value is 0.0800. The van der Waals surface area contributed by atoms with Gasteiger partial charge in [-0.05, 0) is 32.6 Å². The Morgan fingerprint density at radius 1 is 1.31 bits per heavy atom. The molecule has 0 bridgehead atoms. The van der Waals surface area contributed by atoms with Crippen LogP contribution in [0.3, 0.4) is 0 Å². The van der Waals surface area contributed by atoms with Gasteiger partial charge in [0.2, 0.25) is 0 Å². The van der Waals surface area contributed by atoms with Crippen molar-refractivity contribution >= 4 is 15.9 Å². The highest BCUT2D eigenvalue weighted by molar-refractivity contribution is 9.10. The van der Waals surface area contributed by atoms with Crippen LogP contribution in [0.5, 0.6) is 0 Å². The van der Waals surface area contributed by atoms with Gasteiger partial charge in [-0.3, -0.25) is 0 Å². The van der Waals surface area contributed by atoms with Crippen molar-refractivity contribution in [2.45, 2.75) is 58.0 Å². The monoisotopic (exact) mass is 248 g/mol. The van der Waals surface area contributed by atoms with E-state index in [-0.39, 0.29) is 4.45 Å². The molecule has 0 radical (unpaired) electrons. The molecule has 0 aromatic heterocycles. The van der Waals surface area contributed by atoms with Crippen LogP contribution < -0.4 is 0 Å². The van der Waals surface area contributed by atoms with Crippen LogP contribution in [0, 0.1) is 5.92 Å². The van der Waals surface area contributed by atoms with Gasteiger partial charge in [0.1, 0.15) is 4.45 Å². The molecule has 0 spiro atoms. The second kappa shape index (κ2) is 5.74. The molecule has 0 heterocycles. The molecule has 2 atom stereocenters. The topological polar surface area (TPSA) is 24.7 Å². The molecular formula is C10H21BrN2. The van der Waals surface area contributed by atoms with Crippen LogP contribution in [0.25, 0.3) is 0 Å². The summed E-state index contributed by atoms with van der Waals surface area (Å²) in [6, 6.07) is 0.337. The second-order valence-electron chi connectivity index (χ2n) is 4.19. The van der Waals surface area contributed by atoms with Crippen molar-refractivity contribution in [1.82, 2.24) is 0 Å². The van der Waals surface area contributed by atoms with Crippen molar-refractivity contribution in [2.24, 2.45) is 16.1 Å². The highest BCUT2D eigenvalue weighted by Crippen LogP contribution is 2.24. The normalized spacial score (nSPS) is 19.3. The minimum absolute atomic E-state index is 0.168. The Morgan fingerprint density at radius 3 is 2.23 bits per heavy atom. The molecule has 0 fully saturated rings. The van der Waals surface area contributed by atoms with E-state index in [1.54, 1.807) is 0 Å². The lowest BCUT2D eigenvalue weighted by atomic mass is 10.1. The molecule has 3 heteroatoms. The SMILES string of the molecule is CCC(C)(Br)/N=N/C(C)CC(C)C. The molecule has 2 nitrogen and oxygen atoms in total. The van der Waals surface area contributed by atoms with Gasteiger partial charge in [0, 0.05) is 0 Å². The molecule has 0 saturated heterocycles. The molecule has 13 heavy (non-hydrogen) atoms. The van der Waals surface area contributed by atoms with E-state index in [2.05, 4.69) is 53.9 Å². The summed E-state index contributed by atoms with van der Waals surface area (Å²) in [6.07, 6.45) is 2.07. The Labute approximate surface area is 90.3 Å². The smallest absolute Gasteiger partial charge is 0.133 e. The molecule has 0 aliphatic heterocycles. The van der Waals surface area contributed by atoms with Crippen LogP contribution >= 0.6 is 15.9 Å². The fraction of sp³-hybridized carbons (Fsp3) is 1.00. The van der Waals surface area contributed by atoms with E-state index in [9.17, 15) is 0 Å². The lowest BCUT2D eigenvalue weighted by Gasteiger charge is -2.14. The first-order valence-electron chi connectivity index (χ1n) is 4.98. The summed E-state index contributed by atoms with van der Waals surface area (Å²) in [4.78, 5) is 0. The minimum Gasteiger partial charge on any atom is -0.190 e. The zero-order valence-corrected chi connectivity index (χ0v) is 10.9. The van der Waals surface area contributed by atoms with E-state index in [1.807, 2.05) is 6.92 Å². The van der Waals surface area contributed by atoms with Gasteiger partial charge in [-0.2, -0.15) is 10.2 Å². The highest BCUT2D eigenvalue weighted by atomic mass is 79.9. The third-order valence-corrected chi connectivity index (χ3v) is 2.64. The van der Waals surface area contributed by atoms with Gasteiger partial charge < -0.3 is 0 Å². The predicted octanol–water partition coefficient (Wildman–Crippen LogP) is 4.39. The third-order valence-electron chi connectivity index (χ3n) is 1.92. The standard InChI is InChI=1S/C10H21BrN2/c1-6-10(5,11)13-12-9(4)7-8(2)3/h8-9H,6-7H2,1-5H3/b13-12+. The molecule has 0 saturated carbocycles. The van der Waals surface area contributed by atoms with E-state index in [0.29, 0.717) is 12.0 Å². The van der Waals surface area contributed by atoms with Crippen LogP contribution in [-0.4, -0.2) is 10.5 Å². The summed E-state index contributed by atoms with van der Waals surface area (Å²) >= 11 is 3.52. The fourth-order valence-corrected chi connectivity index (χ4v) is 1.11. The van der Waals surface area contributed by atoms with Crippen molar-refractivity contribution in [3.8, 4) is 0 Å². The Morgan fingerprint density at radius 2 is 1.85 bits per heavy atom. The van der Waals surface area contributed by atoms with Gasteiger partial charge >= 0.3 is 0 Å². The van der Waals surface area contributed by atoms with Crippen LogP contribution in [0.1, 0.15) is 47.5 Å². The summed E-state index contributed by atoms with van der Waals surface area (Å²) in [6.45, 7) is 10.7. The molecule has 0 N–H and O–H groups in total. The van der Waals surface area contributed by atoms with Crippen molar-refractivity contribution in [3.05, 3.63) is 0 Å². The number of rotatable bonds is 5. The van der Waals surface area contributed by atoms with E-state index in [1.165, 1.54) is 0 Å².